The Bertz CT molecular complexity index is 831. The molecule has 0 aliphatic carbocycles. The van der Waals surface area contributed by atoms with Gasteiger partial charge in [-0.05, 0) is 40.2 Å². The number of para-hydroxylation sites is 1. The van der Waals surface area contributed by atoms with E-state index >= 15 is 0 Å². The van der Waals surface area contributed by atoms with Crippen molar-refractivity contribution in [2.24, 2.45) is 0 Å². The second-order valence-corrected chi connectivity index (χ2v) is 6.45. The molecule has 0 heterocycles. The first-order valence-corrected chi connectivity index (χ1v) is 8.33. The second kappa shape index (κ2) is 6.68. The lowest BCUT2D eigenvalue weighted by molar-refractivity contribution is 0.417. The predicted molar refractivity (Wildman–Crippen MR) is 89.6 cm³/mol. The zero-order chi connectivity index (χ0) is 16.2. The summed E-state index contributed by atoms with van der Waals surface area (Å²) in [5, 5.41) is 0. The average molecular weight is 382 g/mol. The van der Waals surface area contributed by atoms with Crippen LogP contribution in [0.4, 0.5) is 17.1 Å². The molecule has 0 aliphatic heterocycles. The van der Waals surface area contributed by atoms with Crippen LogP contribution in [0.5, 0.6) is 5.75 Å². The predicted octanol–water partition coefficient (Wildman–Crippen LogP) is 3.78. The zero-order valence-electron chi connectivity index (χ0n) is 11.5. The van der Waals surface area contributed by atoms with E-state index in [2.05, 4.69) is 30.2 Å². The fraction of sp³-hybridized carbons (Fsp3) is 0.0714. The summed E-state index contributed by atoms with van der Waals surface area (Å²) in [7, 11) is -2.45. The standard InChI is InChI=1S/C14H12BrN3O3S/c1-16-10-7-8-13(14(9-10)21-2)18-22(19,20)17-12-6-4-3-5-11(12)15/h3-9,17-18H,2H3. The minimum atomic E-state index is -3.85. The molecule has 6 nitrogen and oxygen atoms in total. The highest BCUT2D eigenvalue weighted by atomic mass is 79.9. The molecule has 8 heteroatoms. The molecule has 0 amide bonds. The van der Waals surface area contributed by atoms with E-state index in [0.717, 1.165) is 0 Å². The number of hydrogen-bond acceptors (Lipinski definition) is 3. The van der Waals surface area contributed by atoms with E-state index in [1.165, 1.54) is 25.3 Å². The minimum absolute atomic E-state index is 0.245. The van der Waals surface area contributed by atoms with E-state index in [-0.39, 0.29) is 11.4 Å². The van der Waals surface area contributed by atoms with Gasteiger partial charge in [-0.1, -0.05) is 18.2 Å². The molecule has 2 N–H and O–H groups in total. The van der Waals surface area contributed by atoms with Crippen molar-refractivity contribution in [3.63, 3.8) is 0 Å². The van der Waals surface area contributed by atoms with Crippen LogP contribution >= 0.6 is 15.9 Å². The SMILES string of the molecule is [C-]#[N+]c1ccc(NS(=O)(=O)Nc2ccccc2Br)c(OC)c1. The van der Waals surface area contributed by atoms with Crippen molar-refractivity contribution in [1.82, 2.24) is 0 Å². The number of ether oxygens (including phenoxy) is 1. The number of hydrogen-bond donors (Lipinski definition) is 2. The lowest BCUT2D eigenvalue weighted by Gasteiger charge is -2.14. The Labute approximate surface area is 137 Å². The van der Waals surface area contributed by atoms with Crippen LogP contribution in [0.3, 0.4) is 0 Å². The Morgan fingerprint density at radius 1 is 1.14 bits per heavy atom. The van der Waals surface area contributed by atoms with Gasteiger partial charge in [0.05, 0.1) is 25.1 Å². The quantitative estimate of drug-likeness (QED) is 0.774. The molecule has 0 spiro atoms. The number of methoxy groups -OCH3 is 1. The van der Waals surface area contributed by atoms with E-state index in [4.69, 9.17) is 11.3 Å². The smallest absolute Gasteiger partial charge is 0.321 e. The lowest BCUT2D eigenvalue weighted by Crippen LogP contribution is -2.22. The Morgan fingerprint density at radius 2 is 1.82 bits per heavy atom. The molecule has 0 unspecified atom stereocenters. The molecule has 0 bridgehead atoms. The van der Waals surface area contributed by atoms with Crippen LogP contribution in [0, 0.1) is 6.57 Å². The van der Waals surface area contributed by atoms with Crippen molar-refractivity contribution in [3.05, 3.63) is 58.4 Å². The van der Waals surface area contributed by atoms with Crippen molar-refractivity contribution in [2.45, 2.75) is 0 Å². The van der Waals surface area contributed by atoms with E-state index in [1.807, 2.05) is 0 Å². The zero-order valence-corrected chi connectivity index (χ0v) is 13.9. The lowest BCUT2D eigenvalue weighted by atomic mass is 10.2. The Balaban J connectivity index is 2.26. The highest BCUT2D eigenvalue weighted by Gasteiger charge is 2.15. The van der Waals surface area contributed by atoms with Crippen molar-refractivity contribution in [3.8, 4) is 5.75 Å². The van der Waals surface area contributed by atoms with Gasteiger partial charge in [-0.2, -0.15) is 8.42 Å². The number of halogens is 1. The van der Waals surface area contributed by atoms with Gasteiger partial charge in [0.1, 0.15) is 5.75 Å². The van der Waals surface area contributed by atoms with Gasteiger partial charge in [0.25, 0.3) is 0 Å². The maximum Gasteiger partial charge on any atom is 0.321 e. The molecule has 0 saturated carbocycles. The van der Waals surface area contributed by atoms with Gasteiger partial charge in [0, 0.05) is 4.47 Å². The van der Waals surface area contributed by atoms with Crippen LogP contribution in [-0.2, 0) is 10.2 Å². The summed E-state index contributed by atoms with van der Waals surface area (Å²) in [6.45, 7) is 6.95. The molecule has 2 rings (SSSR count). The molecule has 0 atom stereocenters. The number of benzene rings is 2. The van der Waals surface area contributed by atoms with Gasteiger partial charge in [-0.3, -0.25) is 9.44 Å². The first-order valence-electron chi connectivity index (χ1n) is 6.06. The van der Waals surface area contributed by atoms with Crippen LogP contribution in [0.25, 0.3) is 4.85 Å². The summed E-state index contributed by atoms with van der Waals surface area (Å²) < 4.78 is 34.9. The number of nitrogens with one attached hydrogen (secondary N) is 2. The Morgan fingerprint density at radius 3 is 2.45 bits per heavy atom. The van der Waals surface area contributed by atoms with Gasteiger partial charge < -0.3 is 4.74 Å². The third kappa shape index (κ3) is 3.90. The Kier molecular flexibility index (Phi) is 4.90. The molecular weight excluding hydrogens is 370 g/mol. The summed E-state index contributed by atoms with van der Waals surface area (Å²) >= 11 is 3.27. The maximum absolute atomic E-state index is 12.2. The van der Waals surface area contributed by atoms with Gasteiger partial charge in [-0.25, -0.2) is 4.85 Å². The van der Waals surface area contributed by atoms with Gasteiger partial charge >= 0.3 is 10.2 Å². The Hall–Kier alpha value is -2.24. The second-order valence-electron chi connectivity index (χ2n) is 4.18. The first-order chi connectivity index (χ1) is 10.4. The van der Waals surface area contributed by atoms with E-state index in [1.54, 1.807) is 24.3 Å². The molecule has 0 saturated heterocycles. The van der Waals surface area contributed by atoms with Crippen LogP contribution in [0.15, 0.2) is 46.9 Å². The fourth-order valence-electron chi connectivity index (χ4n) is 1.69. The first kappa shape index (κ1) is 16.1. The molecule has 22 heavy (non-hydrogen) atoms. The largest absolute Gasteiger partial charge is 0.496 e. The monoisotopic (exact) mass is 381 g/mol. The van der Waals surface area contributed by atoms with Gasteiger partial charge in [0.2, 0.25) is 0 Å². The molecule has 2 aromatic rings. The number of anilines is 2. The third-order valence-electron chi connectivity index (χ3n) is 2.68. The van der Waals surface area contributed by atoms with E-state index in [0.29, 0.717) is 15.8 Å². The van der Waals surface area contributed by atoms with Crippen LogP contribution < -0.4 is 14.2 Å². The van der Waals surface area contributed by atoms with Crippen LogP contribution in [-0.4, -0.2) is 15.5 Å². The van der Waals surface area contributed by atoms with Crippen LogP contribution in [0.1, 0.15) is 0 Å². The number of nitrogens with zero attached hydrogens (tertiary/aromatic N) is 1. The summed E-state index contributed by atoms with van der Waals surface area (Å²) in [4.78, 5) is 3.27. The van der Waals surface area contributed by atoms with Crippen molar-refractivity contribution in [1.29, 1.82) is 0 Å². The number of rotatable bonds is 5. The normalized spacial score (nSPS) is 10.6. The molecule has 0 aliphatic rings. The fourth-order valence-corrected chi connectivity index (χ4v) is 3.18. The molecular formula is C14H12BrN3O3S. The average Bonchev–Trinajstić information content (AvgIpc) is 2.49. The van der Waals surface area contributed by atoms with E-state index < -0.39 is 10.2 Å². The summed E-state index contributed by atoms with van der Waals surface area (Å²) in [6.07, 6.45) is 0. The summed E-state index contributed by atoms with van der Waals surface area (Å²) in [5.74, 6) is 0.269. The summed E-state index contributed by atoms with van der Waals surface area (Å²) in [6, 6.07) is 11.3. The van der Waals surface area contributed by atoms with Crippen molar-refractivity contribution >= 4 is 43.2 Å². The van der Waals surface area contributed by atoms with E-state index in [9.17, 15) is 8.42 Å². The van der Waals surface area contributed by atoms with Gasteiger partial charge in [0.15, 0.2) is 5.69 Å². The molecule has 0 aromatic heterocycles. The molecule has 0 radical (unpaired) electrons. The maximum atomic E-state index is 12.2. The summed E-state index contributed by atoms with van der Waals surface area (Å²) in [5.41, 5.74) is 1.01. The highest BCUT2D eigenvalue weighted by molar-refractivity contribution is 9.10. The topological polar surface area (TPSA) is 71.8 Å². The third-order valence-corrected chi connectivity index (χ3v) is 4.35. The van der Waals surface area contributed by atoms with Crippen molar-refractivity contribution < 1.29 is 13.2 Å². The minimum Gasteiger partial charge on any atom is -0.496 e. The molecule has 2 aromatic carbocycles. The van der Waals surface area contributed by atoms with Crippen molar-refractivity contribution in [2.75, 3.05) is 16.6 Å². The molecule has 0 fully saturated rings. The highest BCUT2D eigenvalue weighted by Crippen LogP contribution is 2.30. The van der Waals surface area contributed by atoms with Crippen LogP contribution in [0.2, 0.25) is 0 Å². The molecule has 114 valence electrons. The van der Waals surface area contributed by atoms with Gasteiger partial charge in [-0.15, -0.1) is 0 Å².